The fourth-order valence-electron chi connectivity index (χ4n) is 2.71. The second kappa shape index (κ2) is 6.20. The minimum atomic E-state index is -4.18. The van der Waals surface area contributed by atoms with Crippen LogP contribution in [0.5, 0.6) is 0 Å². The molecule has 0 bridgehead atoms. The summed E-state index contributed by atoms with van der Waals surface area (Å²) in [6, 6.07) is 4.40. The lowest BCUT2D eigenvalue weighted by molar-refractivity contribution is -0.182. The number of rotatable bonds is 3. The molecule has 7 heteroatoms. The molecule has 1 N–H and O–H groups in total. The van der Waals surface area contributed by atoms with Crippen molar-refractivity contribution in [2.45, 2.75) is 56.6 Å². The van der Waals surface area contributed by atoms with Crippen molar-refractivity contribution in [1.29, 1.82) is 0 Å². The second-order valence-electron chi connectivity index (χ2n) is 5.96. The van der Waals surface area contributed by atoms with Gasteiger partial charge in [-0.05, 0) is 62.8 Å². The maximum atomic E-state index is 12.6. The molecule has 1 aromatic carbocycles. The molecule has 3 nitrogen and oxygen atoms in total. The topological polar surface area (TPSA) is 46.2 Å². The van der Waals surface area contributed by atoms with Gasteiger partial charge in [-0.25, -0.2) is 13.1 Å². The monoisotopic (exact) mass is 335 g/mol. The lowest BCUT2D eigenvalue weighted by Crippen LogP contribution is -2.40. The average Bonchev–Trinajstić information content (AvgIpc) is 2.41. The largest absolute Gasteiger partial charge is 0.391 e. The van der Waals surface area contributed by atoms with Crippen molar-refractivity contribution in [3.8, 4) is 0 Å². The van der Waals surface area contributed by atoms with Crippen LogP contribution in [0.25, 0.3) is 0 Å². The molecule has 1 fully saturated rings. The van der Waals surface area contributed by atoms with E-state index in [0.29, 0.717) is 0 Å². The quantitative estimate of drug-likeness (QED) is 0.915. The third kappa shape index (κ3) is 4.01. The van der Waals surface area contributed by atoms with Crippen LogP contribution in [0, 0.1) is 19.8 Å². The van der Waals surface area contributed by atoms with Gasteiger partial charge < -0.3 is 0 Å². The molecule has 0 heterocycles. The SMILES string of the molecule is Cc1ccc(S(=O)(=O)NC2CCC(C(F)(F)F)CC2)cc1C. The van der Waals surface area contributed by atoms with Gasteiger partial charge in [0, 0.05) is 6.04 Å². The normalized spacial score (nSPS) is 23.5. The fraction of sp³-hybridized carbons (Fsp3) is 0.600. The highest BCUT2D eigenvalue weighted by atomic mass is 32.2. The Labute approximate surface area is 129 Å². The van der Waals surface area contributed by atoms with E-state index in [1.54, 1.807) is 12.1 Å². The Morgan fingerprint density at radius 1 is 1.05 bits per heavy atom. The zero-order valence-corrected chi connectivity index (χ0v) is 13.4. The molecule has 0 saturated heterocycles. The standard InChI is InChI=1S/C15H20F3NO2S/c1-10-3-8-14(9-11(10)2)22(20,21)19-13-6-4-12(5-7-13)15(16,17)18/h3,8-9,12-13,19H,4-7H2,1-2H3. The van der Waals surface area contributed by atoms with Crippen molar-refractivity contribution >= 4 is 10.0 Å². The number of benzene rings is 1. The molecule has 1 aromatic rings. The van der Waals surface area contributed by atoms with Gasteiger partial charge in [-0.15, -0.1) is 0 Å². The fourth-order valence-corrected chi connectivity index (χ4v) is 4.10. The minimum Gasteiger partial charge on any atom is -0.208 e. The summed E-state index contributed by atoms with van der Waals surface area (Å²) in [6.45, 7) is 3.71. The molecule has 124 valence electrons. The molecule has 0 radical (unpaired) electrons. The third-order valence-electron chi connectivity index (χ3n) is 4.30. The molecule has 0 aromatic heterocycles. The second-order valence-corrected chi connectivity index (χ2v) is 7.67. The first-order chi connectivity index (χ1) is 10.1. The third-order valence-corrected chi connectivity index (χ3v) is 5.82. The van der Waals surface area contributed by atoms with Crippen LogP contribution in [-0.2, 0) is 10.0 Å². The summed E-state index contributed by atoms with van der Waals surface area (Å²) in [5.41, 5.74) is 1.85. The number of alkyl halides is 3. The Hall–Kier alpha value is -1.08. The van der Waals surface area contributed by atoms with Crippen LogP contribution in [0.1, 0.15) is 36.8 Å². The van der Waals surface area contributed by atoms with Gasteiger partial charge in [0.2, 0.25) is 10.0 Å². The van der Waals surface area contributed by atoms with Crippen LogP contribution in [0.15, 0.2) is 23.1 Å². The summed E-state index contributed by atoms with van der Waals surface area (Å²) in [5, 5.41) is 0. The van der Waals surface area contributed by atoms with Crippen LogP contribution in [0.3, 0.4) is 0 Å². The summed E-state index contributed by atoms with van der Waals surface area (Å²) in [5.74, 6) is -1.31. The van der Waals surface area contributed by atoms with Gasteiger partial charge in [0.1, 0.15) is 0 Å². The van der Waals surface area contributed by atoms with Gasteiger partial charge in [0.15, 0.2) is 0 Å². The van der Waals surface area contributed by atoms with Crippen molar-refractivity contribution in [3.05, 3.63) is 29.3 Å². The summed E-state index contributed by atoms with van der Waals surface area (Å²) < 4.78 is 65.0. The predicted molar refractivity (Wildman–Crippen MR) is 78.0 cm³/mol. The van der Waals surface area contributed by atoms with E-state index in [4.69, 9.17) is 0 Å². The van der Waals surface area contributed by atoms with Gasteiger partial charge in [-0.2, -0.15) is 13.2 Å². The maximum Gasteiger partial charge on any atom is 0.391 e. The number of nitrogens with one attached hydrogen (secondary N) is 1. The van der Waals surface area contributed by atoms with E-state index in [1.807, 2.05) is 13.8 Å². The van der Waals surface area contributed by atoms with Crippen molar-refractivity contribution in [2.24, 2.45) is 5.92 Å². The van der Waals surface area contributed by atoms with Crippen LogP contribution in [0.4, 0.5) is 13.2 Å². The number of hydrogen-bond donors (Lipinski definition) is 1. The van der Waals surface area contributed by atoms with Crippen molar-refractivity contribution in [2.75, 3.05) is 0 Å². The van der Waals surface area contributed by atoms with E-state index >= 15 is 0 Å². The number of halogens is 3. The summed E-state index contributed by atoms with van der Waals surface area (Å²) >= 11 is 0. The lowest BCUT2D eigenvalue weighted by atomic mass is 9.86. The average molecular weight is 335 g/mol. The molecular formula is C15H20F3NO2S. The van der Waals surface area contributed by atoms with Gasteiger partial charge >= 0.3 is 6.18 Å². The van der Waals surface area contributed by atoms with E-state index in [-0.39, 0.29) is 30.6 Å². The summed E-state index contributed by atoms with van der Waals surface area (Å²) in [6.07, 6.45) is -3.80. The van der Waals surface area contributed by atoms with Crippen molar-refractivity contribution < 1.29 is 21.6 Å². The first kappa shape index (κ1) is 17.3. The molecule has 1 aliphatic rings. The summed E-state index contributed by atoms with van der Waals surface area (Å²) in [7, 11) is -3.68. The van der Waals surface area contributed by atoms with E-state index < -0.39 is 28.2 Å². The molecule has 1 aliphatic carbocycles. The smallest absolute Gasteiger partial charge is 0.208 e. The highest BCUT2D eigenvalue weighted by Gasteiger charge is 2.41. The first-order valence-corrected chi connectivity index (χ1v) is 8.74. The first-order valence-electron chi connectivity index (χ1n) is 7.26. The number of hydrogen-bond acceptors (Lipinski definition) is 2. The molecular weight excluding hydrogens is 315 g/mol. The molecule has 0 atom stereocenters. The van der Waals surface area contributed by atoms with Crippen molar-refractivity contribution in [3.63, 3.8) is 0 Å². The van der Waals surface area contributed by atoms with E-state index in [1.165, 1.54) is 6.07 Å². The Kier molecular flexibility index (Phi) is 4.87. The van der Waals surface area contributed by atoms with Gasteiger partial charge in [-0.3, -0.25) is 0 Å². The maximum absolute atomic E-state index is 12.6. The molecule has 0 amide bonds. The Balaban J connectivity index is 2.03. The molecule has 1 saturated carbocycles. The van der Waals surface area contributed by atoms with Crippen LogP contribution < -0.4 is 4.72 Å². The summed E-state index contributed by atoms with van der Waals surface area (Å²) in [4.78, 5) is 0.161. The predicted octanol–water partition coefficient (Wildman–Crippen LogP) is 3.70. The molecule has 22 heavy (non-hydrogen) atoms. The number of sulfonamides is 1. The van der Waals surface area contributed by atoms with E-state index in [9.17, 15) is 21.6 Å². The minimum absolute atomic E-state index is 0.0242. The molecule has 2 rings (SSSR count). The van der Waals surface area contributed by atoms with E-state index in [2.05, 4.69) is 4.72 Å². The molecule has 0 spiro atoms. The van der Waals surface area contributed by atoms with Gasteiger partial charge in [0.25, 0.3) is 0 Å². The Morgan fingerprint density at radius 2 is 1.64 bits per heavy atom. The zero-order chi connectivity index (χ0) is 16.5. The Morgan fingerprint density at radius 3 is 2.14 bits per heavy atom. The van der Waals surface area contributed by atoms with Gasteiger partial charge in [-0.1, -0.05) is 6.07 Å². The van der Waals surface area contributed by atoms with Crippen LogP contribution in [0.2, 0.25) is 0 Å². The number of aryl methyl sites for hydroxylation is 2. The lowest BCUT2D eigenvalue weighted by Gasteiger charge is -2.30. The Bertz CT molecular complexity index is 633. The van der Waals surface area contributed by atoms with E-state index in [0.717, 1.165) is 11.1 Å². The highest BCUT2D eigenvalue weighted by molar-refractivity contribution is 7.89. The zero-order valence-electron chi connectivity index (χ0n) is 12.6. The van der Waals surface area contributed by atoms with Crippen LogP contribution in [-0.4, -0.2) is 20.6 Å². The molecule has 0 unspecified atom stereocenters. The highest BCUT2D eigenvalue weighted by Crippen LogP contribution is 2.37. The van der Waals surface area contributed by atoms with Crippen molar-refractivity contribution in [1.82, 2.24) is 4.72 Å². The van der Waals surface area contributed by atoms with Gasteiger partial charge in [0.05, 0.1) is 10.8 Å². The van der Waals surface area contributed by atoms with Crippen LogP contribution >= 0.6 is 0 Å². The molecule has 0 aliphatic heterocycles.